The van der Waals surface area contributed by atoms with Crippen LogP contribution in [0.1, 0.15) is 15.9 Å². The number of hydrogen-bond acceptors (Lipinski definition) is 3. The summed E-state index contributed by atoms with van der Waals surface area (Å²) in [7, 11) is 0. The first-order valence-electron chi connectivity index (χ1n) is 5.54. The number of carbonyl (C=O) groups is 1. The monoisotopic (exact) mass is 241 g/mol. The van der Waals surface area contributed by atoms with E-state index in [-0.39, 0.29) is 5.56 Å². The van der Waals surface area contributed by atoms with E-state index in [0.717, 1.165) is 22.4 Å². The van der Waals surface area contributed by atoms with Gasteiger partial charge in [-0.25, -0.2) is 4.79 Å². The number of nitrogen functional groups attached to an aromatic ring is 1. The van der Waals surface area contributed by atoms with Gasteiger partial charge in [0.1, 0.15) is 12.4 Å². The van der Waals surface area contributed by atoms with Crippen LogP contribution in [0.4, 0.5) is 5.69 Å². The Morgan fingerprint density at radius 1 is 1.17 bits per heavy atom. The third-order valence-electron chi connectivity index (χ3n) is 3.03. The predicted molar refractivity (Wildman–Crippen MR) is 67.6 cm³/mol. The summed E-state index contributed by atoms with van der Waals surface area (Å²) in [6.07, 6.45) is 0. The lowest BCUT2D eigenvalue weighted by atomic mass is 9.95. The van der Waals surface area contributed by atoms with Crippen molar-refractivity contribution in [1.82, 2.24) is 0 Å². The van der Waals surface area contributed by atoms with Gasteiger partial charge < -0.3 is 15.6 Å². The van der Waals surface area contributed by atoms with E-state index >= 15 is 0 Å². The van der Waals surface area contributed by atoms with Crippen molar-refractivity contribution in [2.24, 2.45) is 0 Å². The molecule has 0 atom stereocenters. The lowest BCUT2D eigenvalue weighted by Crippen LogP contribution is -2.08. The van der Waals surface area contributed by atoms with E-state index in [4.69, 9.17) is 15.6 Å². The normalized spacial score (nSPS) is 12.2. The van der Waals surface area contributed by atoms with Crippen LogP contribution in [-0.4, -0.2) is 11.1 Å². The van der Waals surface area contributed by atoms with Crippen molar-refractivity contribution in [3.63, 3.8) is 0 Å². The molecule has 18 heavy (non-hydrogen) atoms. The number of rotatable bonds is 1. The Kier molecular flexibility index (Phi) is 2.23. The molecule has 2 aromatic carbocycles. The number of carboxylic acids is 1. The summed E-state index contributed by atoms with van der Waals surface area (Å²) in [5, 5.41) is 8.96. The number of carboxylic acid groups (broad SMARTS) is 1. The zero-order valence-corrected chi connectivity index (χ0v) is 9.51. The molecule has 0 saturated carbocycles. The van der Waals surface area contributed by atoms with E-state index in [2.05, 4.69) is 0 Å². The van der Waals surface area contributed by atoms with Gasteiger partial charge in [0, 0.05) is 17.3 Å². The van der Waals surface area contributed by atoms with Gasteiger partial charge in [-0.05, 0) is 35.4 Å². The third kappa shape index (κ3) is 1.59. The molecule has 4 heteroatoms. The zero-order chi connectivity index (χ0) is 12.7. The molecule has 0 amide bonds. The van der Waals surface area contributed by atoms with Crippen LogP contribution in [0.3, 0.4) is 0 Å². The fourth-order valence-electron chi connectivity index (χ4n) is 2.15. The summed E-state index contributed by atoms with van der Waals surface area (Å²) in [6.45, 7) is 0.368. The third-order valence-corrected chi connectivity index (χ3v) is 3.03. The number of ether oxygens (including phenoxy) is 1. The van der Waals surface area contributed by atoms with E-state index < -0.39 is 5.97 Å². The summed E-state index contributed by atoms with van der Waals surface area (Å²) < 4.78 is 5.59. The van der Waals surface area contributed by atoms with Gasteiger partial charge in [-0.2, -0.15) is 0 Å². The zero-order valence-electron chi connectivity index (χ0n) is 9.51. The Hall–Kier alpha value is -2.49. The Bertz CT molecular complexity index is 649. The van der Waals surface area contributed by atoms with Gasteiger partial charge >= 0.3 is 5.97 Å². The van der Waals surface area contributed by atoms with Crippen LogP contribution in [0.15, 0.2) is 36.4 Å². The molecule has 2 aromatic rings. The van der Waals surface area contributed by atoms with Crippen molar-refractivity contribution in [1.29, 1.82) is 0 Å². The van der Waals surface area contributed by atoms with Crippen LogP contribution in [-0.2, 0) is 6.61 Å². The number of fused-ring (bicyclic) bond motifs is 3. The van der Waals surface area contributed by atoms with E-state index in [1.165, 1.54) is 0 Å². The van der Waals surface area contributed by atoms with Gasteiger partial charge in [0.25, 0.3) is 0 Å². The molecule has 1 aliphatic heterocycles. The van der Waals surface area contributed by atoms with Crippen LogP contribution in [0, 0.1) is 0 Å². The first kappa shape index (κ1) is 10.7. The average Bonchev–Trinajstić information content (AvgIpc) is 2.37. The summed E-state index contributed by atoms with van der Waals surface area (Å²) in [4.78, 5) is 10.9. The smallest absolute Gasteiger partial charge is 0.335 e. The Labute approximate surface area is 104 Å². The lowest BCUT2D eigenvalue weighted by Gasteiger charge is -2.21. The molecule has 0 bridgehead atoms. The summed E-state index contributed by atoms with van der Waals surface area (Å²) in [5.74, 6) is -0.188. The molecule has 0 unspecified atom stereocenters. The lowest BCUT2D eigenvalue weighted by molar-refractivity contribution is 0.0696. The van der Waals surface area contributed by atoms with E-state index in [1.54, 1.807) is 18.2 Å². The molecule has 3 N–H and O–H groups in total. The topological polar surface area (TPSA) is 72.5 Å². The standard InChI is InChI=1S/C14H11NO3/c15-10-2-4-12-11-3-1-8(14(16)17)5-9(11)7-18-13(12)6-10/h1-6H,7,15H2,(H,16,17). The highest BCUT2D eigenvalue weighted by Crippen LogP contribution is 2.38. The number of nitrogens with two attached hydrogens (primary N) is 1. The maximum absolute atomic E-state index is 10.9. The summed E-state index contributed by atoms with van der Waals surface area (Å²) >= 11 is 0. The second-order valence-electron chi connectivity index (χ2n) is 4.22. The van der Waals surface area contributed by atoms with Gasteiger partial charge in [-0.1, -0.05) is 6.07 Å². The quantitative estimate of drug-likeness (QED) is 0.752. The first-order valence-corrected chi connectivity index (χ1v) is 5.54. The second kappa shape index (κ2) is 3.77. The van der Waals surface area contributed by atoms with Gasteiger partial charge in [-0.15, -0.1) is 0 Å². The van der Waals surface area contributed by atoms with Crippen LogP contribution in [0.5, 0.6) is 5.75 Å². The SMILES string of the molecule is Nc1ccc2c(c1)OCc1cc(C(=O)O)ccc1-2. The van der Waals surface area contributed by atoms with Crippen LogP contribution in [0.2, 0.25) is 0 Å². The van der Waals surface area contributed by atoms with Gasteiger partial charge in [0.05, 0.1) is 5.56 Å². The molecule has 0 spiro atoms. The highest BCUT2D eigenvalue weighted by Gasteiger charge is 2.18. The minimum atomic E-state index is -0.930. The van der Waals surface area contributed by atoms with Gasteiger partial charge in [0.15, 0.2) is 0 Å². The van der Waals surface area contributed by atoms with Crippen molar-refractivity contribution < 1.29 is 14.6 Å². The molecule has 0 radical (unpaired) electrons. The molecule has 1 aliphatic rings. The van der Waals surface area contributed by atoms with Crippen molar-refractivity contribution in [2.45, 2.75) is 6.61 Å². The average molecular weight is 241 g/mol. The molecule has 90 valence electrons. The van der Waals surface area contributed by atoms with Crippen LogP contribution in [0.25, 0.3) is 11.1 Å². The van der Waals surface area contributed by atoms with E-state index in [1.807, 2.05) is 18.2 Å². The number of benzene rings is 2. The number of anilines is 1. The maximum atomic E-state index is 10.9. The summed E-state index contributed by atoms with van der Waals surface area (Å²) in [6, 6.07) is 10.6. The fraction of sp³-hybridized carbons (Fsp3) is 0.0714. The minimum absolute atomic E-state index is 0.274. The van der Waals surface area contributed by atoms with E-state index in [0.29, 0.717) is 12.3 Å². The predicted octanol–water partition coefficient (Wildman–Crippen LogP) is 2.53. The molecule has 4 nitrogen and oxygen atoms in total. The molecule has 0 aliphatic carbocycles. The van der Waals surface area contributed by atoms with Gasteiger partial charge in [-0.3, -0.25) is 0 Å². The molecule has 0 saturated heterocycles. The molecule has 3 rings (SSSR count). The van der Waals surface area contributed by atoms with Crippen molar-refractivity contribution in [2.75, 3.05) is 5.73 Å². The summed E-state index contributed by atoms with van der Waals surface area (Å²) in [5.41, 5.74) is 9.46. The Balaban J connectivity index is 2.16. The van der Waals surface area contributed by atoms with E-state index in [9.17, 15) is 4.79 Å². The Morgan fingerprint density at radius 3 is 2.72 bits per heavy atom. The molecule has 0 aromatic heterocycles. The second-order valence-corrected chi connectivity index (χ2v) is 4.22. The fourth-order valence-corrected chi connectivity index (χ4v) is 2.15. The van der Waals surface area contributed by atoms with Crippen molar-refractivity contribution >= 4 is 11.7 Å². The largest absolute Gasteiger partial charge is 0.488 e. The number of hydrogen-bond donors (Lipinski definition) is 2. The van der Waals surface area contributed by atoms with Crippen LogP contribution >= 0.6 is 0 Å². The number of aromatic carboxylic acids is 1. The Morgan fingerprint density at radius 2 is 1.94 bits per heavy atom. The van der Waals surface area contributed by atoms with Crippen molar-refractivity contribution in [3.05, 3.63) is 47.5 Å². The molecular weight excluding hydrogens is 230 g/mol. The molecule has 1 heterocycles. The van der Waals surface area contributed by atoms with Crippen molar-refractivity contribution in [3.8, 4) is 16.9 Å². The minimum Gasteiger partial charge on any atom is -0.488 e. The molecular formula is C14H11NO3. The highest BCUT2D eigenvalue weighted by atomic mass is 16.5. The van der Waals surface area contributed by atoms with Gasteiger partial charge in [0.2, 0.25) is 0 Å². The van der Waals surface area contributed by atoms with Crippen LogP contribution < -0.4 is 10.5 Å². The first-order chi connectivity index (χ1) is 8.65. The molecule has 0 fully saturated rings. The highest BCUT2D eigenvalue weighted by molar-refractivity contribution is 5.89. The maximum Gasteiger partial charge on any atom is 0.335 e.